The number of anilines is 1. The van der Waals surface area contributed by atoms with E-state index in [2.05, 4.69) is 15.5 Å². The van der Waals surface area contributed by atoms with Crippen molar-refractivity contribution < 1.29 is 31.8 Å². The van der Waals surface area contributed by atoms with E-state index < -0.39 is 21.0 Å². The summed E-state index contributed by atoms with van der Waals surface area (Å²) in [6, 6.07) is 9.38. The van der Waals surface area contributed by atoms with Gasteiger partial charge in [-0.1, -0.05) is 5.10 Å². The molecular formula is C23H25N3O7S. The predicted octanol–water partition coefficient (Wildman–Crippen LogP) is 3.60. The highest BCUT2D eigenvalue weighted by Gasteiger charge is 2.19. The van der Waals surface area contributed by atoms with Crippen LogP contribution in [0.2, 0.25) is 0 Å². The van der Waals surface area contributed by atoms with Gasteiger partial charge in [-0.3, -0.25) is 10.1 Å². The molecule has 0 atom stereocenters. The summed E-state index contributed by atoms with van der Waals surface area (Å²) < 4.78 is 45.8. The third kappa shape index (κ3) is 5.37. The van der Waals surface area contributed by atoms with Gasteiger partial charge in [-0.2, -0.15) is 0 Å². The summed E-state index contributed by atoms with van der Waals surface area (Å²) in [5.41, 5.74) is 1.16. The summed E-state index contributed by atoms with van der Waals surface area (Å²) in [6.45, 7) is 3.23. The molecule has 2 aromatic carbocycles. The van der Waals surface area contributed by atoms with E-state index in [9.17, 15) is 13.2 Å². The van der Waals surface area contributed by atoms with E-state index in [1.165, 1.54) is 39.5 Å². The van der Waals surface area contributed by atoms with Crippen molar-refractivity contribution >= 4 is 27.8 Å². The van der Waals surface area contributed by atoms with Crippen molar-refractivity contribution in [3.63, 3.8) is 0 Å². The number of carbonyl (C=O) groups excluding carboxylic acids is 1. The minimum Gasteiger partial charge on any atom is -0.493 e. The van der Waals surface area contributed by atoms with Crippen LogP contribution in [0.25, 0.3) is 17.5 Å². The van der Waals surface area contributed by atoms with Crippen LogP contribution >= 0.6 is 0 Å². The second-order valence-electron chi connectivity index (χ2n) is 7.31. The molecular weight excluding hydrogens is 462 g/mol. The molecule has 180 valence electrons. The number of hydrogen-bond acceptors (Lipinski definition) is 9. The number of sulfone groups is 1. The van der Waals surface area contributed by atoms with Crippen LogP contribution in [0.4, 0.5) is 6.01 Å². The van der Waals surface area contributed by atoms with Gasteiger partial charge in [0.1, 0.15) is 0 Å². The summed E-state index contributed by atoms with van der Waals surface area (Å²) in [7, 11) is 1.12. The monoisotopic (exact) mass is 487 g/mol. The number of ether oxygens (including phenoxy) is 3. The Hall–Kier alpha value is -3.86. The van der Waals surface area contributed by atoms with E-state index in [1.54, 1.807) is 44.2 Å². The van der Waals surface area contributed by atoms with Gasteiger partial charge in [-0.05, 0) is 61.9 Å². The molecule has 0 bridgehead atoms. The Morgan fingerprint density at radius 1 is 1.00 bits per heavy atom. The van der Waals surface area contributed by atoms with Crippen LogP contribution in [0, 0.1) is 0 Å². The van der Waals surface area contributed by atoms with Crippen LogP contribution in [0.1, 0.15) is 19.4 Å². The maximum atomic E-state index is 12.3. The molecule has 3 rings (SSSR count). The number of nitrogens with zero attached hydrogens (tertiary/aromatic N) is 2. The number of benzene rings is 2. The first-order valence-corrected chi connectivity index (χ1v) is 11.7. The molecule has 0 spiro atoms. The van der Waals surface area contributed by atoms with Gasteiger partial charge < -0.3 is 18.6 Å². The fourth-order valence-electron chi connectivity index (χ4n) is 2.97. The van der Waals surface area contributed by atoms with Crippen molar-refractivity contribution in [3.8, 4) is 28.7 Å². The van der Waals surface area contributed by atoms with Crippen LogP contribution in [0.5, 0.6) is 17.2 Å². The molecule has 0 aliphatic carbocycles. The summed E-state index contributed by atoms with van der Waals surface area (Å²) in [6.07, 6.45) is 2.85. The predicted molar refractivity (Wildman–Crippen MR) is 126 cm³/mol. The number of nitrogens with one attached hydrogen (secondary N) is 1. The molecule has 1 N–H and O–H groups in total. The Bertz CT molecular complexity index is 1270. The molecule has 0 aliphatic heterocycles. The van der Waals surface area contributed by atoms with Crippen LogP contribution in [0.15, 0.2) is 51.8 Å². The van der Waals surface area contributed by atoms with Gasteiger partial charge in [0.2, 0.25) is 11.6 Å². The molecule has 11 heteroatoms. The highest BCUT2D eigenvalue weighted by Crippen LogP contribution is 2.38. The van der Waals surface area contributed by atoms with Crippen LogP contribution in [0.3, 0.4) is 0 Å². The number of aromatic nitrogens is 2. The zero-order valence-electron chi connectivity index (χ0n) is 19.4. The summed E-state index contributed by atoms with van der Waals surface area (Å²) in [5.74, 6) is 0.992. The Labute approximate surface area is 197 Å². The number of amides is 1. The Balaban J connectivity index is 1.71. The fraction of sp³-hybridized carbons (Fsp3) is 0.261. The molecule has 3 aromatic rings. The maximum Gasteiger partial charge on any atom is 0.322 e. The van der Waals surface area contributed by atoms with Gasteiger partial charge in [0.05, 0.1) is 31.5 Å². The summed E-state index contributed by atoms with van der Waals surface area (Å²) >= 11 is 0. The first kappa shape index (κ1) is 24.8. The lowest BCUT2D eigenvalue weighted by molar-refractivity contribution is -0.112. The van der Waals surface area contributed by atoms with E-state index in [-0.39, 0.29) is 16.8 Å². The summed E-state index contributed by atoms with van der Waals surface area (Å²) in [5, 5.41) is 9.66. The lowest BCUT2D eigenvalue weighted by atomic mass is 10.1. The lowest BCUT2D eigenvalue weighted by Gasteiger charge is -2.12. The minimum atomic E-state index is -3.38. The quantitative estimate of drug-likeness (QED) is 0.450. The Kier molecular flexibility index (Phi) is 7.57. The third-order valence-corrected chi connectivity index (χ3v) is 6.99. The number of methoxy groups -OCH3 is 3. The molecule has 0 radical (unpaired) electrons. The molecule has 1 aromatic heterocycles. The van der Waals surface area contributed by atoms with Crippen LogP contribution in [-0.2, 0) is 14.6 Å². The molecule has 0 fully saturated rings. The van der Waals surface area contributed by atoms with Crippen molar-refractivity contribution in [1.82, 2.24) is 10.2 Å². The number of hydrogen-bond donors (Lipinski definition) is 1. The van der Waals surface area contributed by atoms with Crippen molar-refractivity contribution in [2.24, 2.45) is 0 Å². The average Bonchev–Trinajstić information content (AvgIpc) is 3.30. The second-order valence-corrected chi connectivity index (χ2v) is 9.82. The van der Waals surface area contributed by atoms with E-state index in [0.717, 1.165) is 0 Å². The second kappa shape index (κ2) is 10.4. The molecule has 0 saturated carbocycles. The number of rotatable bonds is 9. The van der Waals surface area contributed by atoms with E-state index >= 15 is 0 Å². The standard InChI is InChI=1S/C23H25N3O7S/c1-14(2)34(28,29)17-9-7-16(8-10-17)22-25-26-23(33-22)24-20(27)11-6-15-12-18(30-3)21(32-5)19(13-15)31-4/h6-14H,1-5H3,(H,24,26,27)/b11-6+. The normalized spacial score (nSPS) is 11.6. The first-order chi connectivity index (χ1) is 16.2. The minimum absolute atomic E-state index is 0.103. The molecule has 0 aliphatic rings. The Morgan fingerprint density at radius 2 is 1.62 bits per heavy atom. The molecule has 0 unspecified atom stereocenters. The molecule has 0 saturated heterocycles. The zero-order chi connectivity index (χ0) is 24.9. The SMILES string of the molecule is COc1cc(/C=C/C(=O)Nc2nnc(-c3ccc(S(=O)(=O)C(C)C)cc3)o2)cc(OC)c1OC. The van der Waals surface area contributed by atoms with E-state index in [1.807, 2.05) is 0 Å². The van der Waals surface area contributed by atoms with Gasteiger partial charge >= 0.3 is 6.01 Å². The fourth-order valence-corrected chi connectivity index (χ4v) is 4.03. The highest BCUT2D eigenvalue weighted by molar-refractivity contribution is 7.92. The zero-order valence-corrected chi connectivity index (χ0v) is 20.2. The van der Waals surface area contributed by atoms with Gasteiger partial charge in [0.25, 0.3) is 5.91 Å². The Morgan fingerprint density at radius 3 is 2.15 bits per heavy atom. The van der Waals surface area contributed by atoms with E-state index in [0.29, 0.717) is 28.4 Å². The smallest absolute Gasteiger partial charge is 0.322 e. The van der Waals surface area contributed by atoms with E-state index in [4.69, 9.17) is 18.6 Å². The maximum absolute atomic E-state index is 12.3. The van der Waals surface area contributed by atoms with Crippen LogP contribution < -0.4 is 19.5 Å². The first-order valence-electron chi connectivity index (χ1n) is 10.2. The average molecular weight is 488 g/mol. The van der Waals surface area contributed by atoms with Gasteiger partial charge in [0, 0.05) is 11.6 Å². The largest absolute Gasteiger partial charge is 0.493 e. The van der Waals surface area contributed by atoms with Crippen molar-refractivity contribution in [2.75, 3.05) is 26.6 Å². The summed E-state index contributed by atoms with van der Waals surface area (Å²) in [4.78, 5) is 12.5. The lowest BCUT2D eigenvalue weighted by Crippen LogP contribution is -2.13. The highest BCUT2D eigenvalue weighted by atomic mass is 32.2. The molecule has 1 heterocycles. The van der Waals surface area contributed by atoms with Crippen molar-refractivity contribution in [1.29, 1.82) is 0 Å². The van der Waals surface area contributed by atoms with Crippen molar-refractivity contribution in [3.05, 3.63) is 48.0 Å². The topological polar surface area (TPSA) is 130 Å². The van der Waals surface area contributed by atoms with Crippen molar-refractivity contribution in [2.45, 2.75) is 24.0 Å². The molecule has 1 amide bonds. The third-order valence-electron chi connectivity index (χ3n) is 4.82. The molecule has 34 heavy (non-hydrogen) atoms. The van der Waals surface area contributed by atoms with Gasteiger partial charge in [0.15, 0.2) is 21.3 Å². The van der Waals surface area contributed by atoms with Gasteiger partial charge in [-0.15, -0.1) is 5.10 Å². The van der Waals surface area contributed by atoms with Gasteiger partial charge in [-0.25, -0.2) is 8.42 Å². The molecule has 10 nitrogen and oxygen atoms in total. The number of carbonyl (C=O) groups is 1. The van der Waals surface area contributed by atoms with Crippen LogP contribution in [-0.4, -0.2) is 51.1 Å².